The predicted octanol–water partition coefficient (Wildman–Crippen LogP) is 0.999. The molecule has 0 aliphatic rings. The van der Waals surface area contributed by atoms with Crippen LogP contribution >= 0.6 is 0 Å². The number of carboxylic acid groups (broad SMARTS) is 1. The van der Waals surface area contributed by atoms with Gasteiger partial charge in [0.15, 0.2) is 0 Å². The van der Waals surface area contributed by atoms with Crippen LogP contribution in [0.1, 0.15) is 21.7 Å². The van der Waals surface area contributed by atoms with Gasteiger partial charge in [-0.3, -0.25) is 14.4 Å². The van der Waals surface area contributed by atoms with Gasteiger partial charge in [0.1, 0.15) is 6.54 Å². The van der Waals surface area contributed by atoms with Crippen LogP contribution in [-0.2, 0) is 23.1 Å². The van der Waals surface area contributed by atoms with Gasteiger partial charge in [0.05, 0.1) is 12.1 Å². The summed E-state index contributed by atoms with van der Waals surface area (Å²) in [5, 5.41) is 10.8. The molecule has 2 N–H and O–H groups in total. The van der Waals surface area contributed by atoms with Crippen molar-refractivity contribution in [3.05, 3.63) is 59.4 Å². The first kappa shape index (κ1) is 15.5. The first-order valence-electron chi connectivity index (χ1n) is 6.72. The number of nitrogens with one attached hydrogen (secondary N) is 1. The number of ketones is 1. The molecule has 0 radical (unpaired) electrons. The van der Waals surface area contributed by atoms with Crippen LogP contribution in [0.2, 0.25) is 0 Å². The highest BCUT2D eigenvalue weighted by molar-refractivity contribution is 6.08. The summed E-state index contributed by atoms with van der Waals surface area (Å²) in [6, 6.07) is 12.2. The lowest BCUT2D eigenvalue weighted by atomic mass is 10.1. The van der Waals surface area contributed by atoms with Gasteiger partial charge in [-0.1, -0.05) is 30.3 Å². The number of rotatable bonds is 6. The summed E-state index contributed by atoms with van der Waals surface area (Å²) in [6.07, 6.45) is 0.0197. The molecule has 2 rings (SSSR count). The second kappa shape index (κ2) is 6.71. The minimum absolute atomic E-state index is 0.0197. The number of benzene rings is 1. The largest absolute Gasteiger partial charge is 0.480 e. The normalized spacial score (nSPS) is 10.2. The summed E-state index contributed by atoms with van der Waals surface area (Å²) in [5.74, 6) is -1.62. The van der Waals surface area contributed by atoms with E-state index in [0.717, 1.165) is 0 Å². The van der Waals surface area contributed by atoms with Crippen molar-refractivity contribution >= 4 is 17.7 Å². The fraction of sp³-hybridized carbons (Fsp3) is 0.188. The van der Waals surface area contributed by atoms with Crippen molar-refractivity contribution in [1.82, 2.24) is 9.88 Å². The lowest BCUT2D eigenvalue weighted by Crippen LogP contribution is -2.31. The number of aromatic nitrogens is 1. The predicted molar refractivity (Wildman–Crippen MR) is 79.6 cm³/mol. The van der Waals surface area contributed by atoms with Gasteiger partial charge in [0, 0.05) is 18.3 Å². The molecule has 0 spiro atoms. The molecule has 0 fully saturated rings. The van der Waals surface area contributed by atoms with Crippen LogP contribution in [0.15, 0.2) is 42.5 Å². The maximum Gasteiger partial charge on any atom is 0.322 e. The van der Waals surface area contributed by atoms with Crippen LogP contribution in [0.4, 0.5) is 0 Å². The van der Waals surface area contributed by atoms with E-state index in [1.54, 1.807) is 48.0 Å². The Hall–Kier alpha value is -2.89. The third kappa shape index (κ3) is 3.60. The maximum absolute atomic E-state index is 12.4. The first-order valence-corrected chi connectivity index (χ1v) is 6.72. The quantitative estimate of drug-likeness (QED) is 0.779. The summed E-state index contributed by atoms with van der Waals surface area (Å²) in [6.45, 7) is -0.418. The third-order valence-electron chi connectivity index (χ3n) is 3.27. The summed E-state index contributed by atoms with van der Waals surface area (Å²) < 4.78 is 1.65. The number of nitrogens with zero attached hydrogens (tertiary/aromatic N) is 1. The van der Waals surface area contributed by atoms with Crippen molar-refractivity contribution in [1.29, 1.82) is 0 Å². The van der Waals surface area contributed by atoms with Gasteiger partial charge in [0.2, 0.25) is 11.7 Å². The molecule has 0 saturated heterocycles. The average molecular weight is 300 g/mol. The van der Waals surface area contributed by atoms with Crippen LogP contribution in [-0.4, -0.2) is 33.9 Å². The molecule has 0 aliphatic heterocycles. The monoisotopic (exact) mass is 300 g/mol. The molecule has 6 nitrogen and oxygen atoms in total. The molecule has 0 unspecified atom stereocenters. The molecule has 114 valence electrons. The number of carbonyl (C=O) groups is 3. The third-order valence-corrected chi connectivity index (χ3v) is 3.27. The minimum atomic E-state index is -1.10. The number of hydrogen-bond donors (Lipinski definition) is 2. The number of carbonyl (C=O) groups excluding carboxylic acids is 2. The first-order chi connectivity index (χ1) is 10.5. The number of hydrogen-bond acceptors (Lipinski definition) is 3. The van der Waals surface area contributed by atoms with E-state index in [-0.39, 0.29) is 12.2 Å². The average Bonchev–Trinajstić information content (AvgIpc) is 2.86. The van der Waals surface area contributed by atoms with Gasteiger partial charge in [-0.15, -0.1) is 0 Å². The zero-order valence-electron chi connectivity index (χ0n) is 12.1. The van der Waals surface area contributed by atoms with Crippen LogP contribution in [0, 0.1) is 0 Å². The summed E-state index contributed by atoms with van der Waals surface area (Å²) in [7, 11) is 1.70. The van der Waals surface area contributed by atoms with E-state index in [0.29, 0.717) is 17.0 Å². The molecule has 0 aliphatic carbocycles. The molecule has 0 atom stereocenters. The van der Waals surface area contributed by atoms with Crippen LogP contribution in [0.5, 0.6) is 0 Å². The van der Waals surface area contributed by atoms with Crippen LogP contribution in [0.25, 0.3) is 0 Å². The highest BCUT2D eigenvalue weighted by Crippen LogP contribution is 2.13. The SMILES string of the molecule is Cn1c(CC(=O)NCC(=O)O)ccc1C(=O)c1ccccc1. The zero-order chi connectivity index (χ0) is 16.1. The van der Waals surface area contributed by atoms with Gasteiger partial charge in [-0.05, 0) is 12.1 Å². The number of amides is 1. The molecular formula is C16H16N2O4. The highest BCUT2D eigenvalue weighted by Gasteiger charge is 2.16. The molecule has 2 aromatic rings. The van der Waals surface area contributed by atoms with E-state index >= 15 is 0 Å². The van der Waals surface area contributed by atoms with Gasteiger partial charge in [-0.25, -0.2) is 0 Å². The summed E-state index contributed by atoms with van der Waals surface area (Å²) >= 11 is 0. The maximum atomic E-state index is 12.4. The fourth-order valence-corrected chi connectivity index (χ4v) is 2.10. The molecule has 1 heterocycles. The van der Waals surface area contributed by atoms with Crippen molar-refractivity contribution in [3.63, 3.8) is 0 Å². The Morgan fingerprint density at radius 3 is 2.41 bits per heavy atom. The second-order valence-corrected chi connectivity index (χ2v) is 4.81. The van der Waals surface area contributed by atoms with Crippen molar-refractivity contribution in [3.8, 4) is 0 Å². The Morgan fingerprint density at radius 1 is 1.09 bits per heavy atom. The van der Waals surface area contributed by atoms with Crippen molar-refractivity contribution < 1.29 is 19.5 Å². The Labute approximate surface area is 127 Å². The topological polar surface area (TPSA) is 88.4 Å². The lowest BCUT2D eigenvalue weighted by molar-refractivity contribution is -0.137. The standard InChI is InChI=1S/C16H16N2O4/c1-18-12(9-14(19)17-10-15(20)21)7-8-13(18)16(22)11-5-3-2-4-6-11/h2-8H,9-10H2,1H3,(H,17,19)(H,20,21). The van der Waals surface area contributed by atoms with Crippen LogP contribution < -0.4 is 5.32 Å². The van der Waals surface area contributed by atoms with E-state index in [1.165, 1.54) is 0 Å². The van der Waals surface area contributed by atoms with Gasteiger partial charge in [-0.2, -0.15) is 0 Å². The Kier molecular flexibility index (Phi) is 4.73. The number of carboxylic acids is 1. The molecule has 0 saturated carbocycles. The molecule has 1 aromatic heterocycles. The zero-order valence-corrected chi connectivity index (χ0v) is 12.1. The van der Waals surface area contributed by atoms with E-state index in [4.69, 9.17) is 5.11 Å². The number of aliphatic carboxylic acids is 1. The molecular weight excluding hydrogens is 284 g/mol. The van der Waals surface area contributed by atoms with E-state index in [1.807, 2.05) is 6.07 Å². The van der Waals surface area contributed by atoms with Gasteiger partial charge < -0.3 is 15.0 Å². The van der Waals surface area contributed by atoms with Crippen molar-refractivity contribution in [2.45, 2.75) is 6.42 Å². The molecule has 22 heavy (non-hydrogen) atoms. The summed E-state index contributed by atoms with van der Waals surface area (Å²) in [5.41, 5.74) is 1.69. The molecule has 0 bridgehead atoms. The molecule has 6 heteroatoms. The van der Waals surface area contributed by atoms with Crippen LogP contribution in [0.3, 0.4) is 0 Å². The Bertz CT molecular complexity index is 704. The minimum Gasteiger partial charge on any atom is -0.480 e. The Balaban J connectivity index is 2.11. The van der Waals surface area contributed by atoms with E-state index in [9.17, 15) is 14.4 Å². The van der Waals surface area contributed by atoms with Gasteiger partial charge >= 0.3 is 5.97 Å². The summed E-state index contributed by atoms with van der Waals surface area (Å²) in [4.78, 5) is 34.4. The van der Waals surface area contributed by atoms with Gasteiger partial charge in [0.25, 0.3) is 0 Å². The Morgan fingerprint density at radius 2 is 1.77 bits per heavy atom. The van der Waals surface area contributed by atoms with E-state index in [2.05, 4.69) is 5.32 Å². The fourth-order valence-electron chi connectivity index (χ4n) is 2.10. The van der Waals surface area contributed by atoms with E-state index < -0.39 is 18.4 Å². The second-order valence-electron chi connectivity index (χ2n) is 4.81. The molecule has 1 amide bonds. The van der Waals surface area contributed by atoms with Crippen molar-refractivity contribution in [2.75, 3.05) is 6.54 Å². The highest BCUT2D eigenvalue weighted by atomic mass is 16.4. The van der Waals surface area contributed by atoms with Crippen molar-refractivity contribution in [2.24, 2.45) is 7.05 Å². The molecule has 1 aromatic carbocycles. The lowest BCUT2D eigenvalue weighted by Gasteiger charge is -2.07. The smallest absolute Gasteiger partial charge is 0.322 e.